The summed E-state index contributed by atoms with van der Waals surface area (Å²) in [4.78, 5) is 14.0. The smallest absolute Gasteiger partial charge is 0.315 e. The molecular weight excluding hydrogens is 322 g/mol. The van der Waals surface area contributed by atoms with Crippen LogP contribution < -0.4 is 15.5 Å². The zero-order valence-electron chi connectivity index (χ0n) is 14.6. The SMILES string of the molecule is Cc1cc(N(C)C)ccc1CNC(=O)NCC(C)(O)c1ccsc1. The number of thiophene rings is 1. The molecule has 2 aromatic rings. The van der Waals surface area contributed by atoms with Crippen LogP contribution in [0.15, 0.2) is 35.0 Å². The average molecular weight is 347 g/mol. The lowest BCUT2D eigenvalue weighted by molar-refractivity contribution is 0.0598. The Morgan fingerprint density at radius 2 is 2.04 bits per heavy atom. The Hall–Kier alpha value is -2.05. The monoisotopic (exact) mass is 347 g/mol. The fraction of sp³-hybridized carbons (Fsp3) is 0.389. The molecular formula is C18H25N3O2S. The van der Waals surface area contributed by atoms with Gasteiger partial charge in [0.2, 0.25) is 0 Å². The molecule has 0 aliphatic carbocycles. The molecule has 0 aliphatic heterocycles. The molecule has 0 fully saturated rings. The lowest BCUT2D eigenvalue weighted by atomic mass is 9.99. The van der Waals surface area contributed by atoms with Crippen molar-refractivity contribution in [2.24, 2.45) is 0 Å². The number of carbonyl (C=O) groups is 1. The third kappa shape index (κ3) is 4.72. The highest BCUT2D eigenvalue weighted by Gasteiger charge is 2.24. The van der Waals surface area contributed by atoms with Crippen LogP contribution in [-0.2, 0) is 12.1 Å². The van der Waals surface area contributed by atoms with E-state index >= 15 is 0 Å². The number of hydrogen-bond donors (Lipinski definition) is 3. The lowest BCUT2D eigenvalue weighted by Crippen LogP contribution is -2.43. The first-order valence-electron chi connectivity index (χ1n) is 7.83. The number of aryl methyl sites for hydroxylation is 1. The second-order valence-corrected chi connectivity index (χ2v) is 7.11. The van der Waals surface area contributed by atoms with Crippen molar-refractivity contribution in [2.45, 2.75) is 26.0 Å². The van der Waals surface area contributed by atoms with Crippen molar-refractivity contribution in [1.82, 2.24) is 10.6 Å². The van der Waals surface area contributed by atoms with Gasteiger partial charge < -0.3 is 20.6 Å². The summed E-state index contributed by atoms with van der Waals surface area (Å²) in [7, 11) is 4.00. The summed E-state index contributed by atoms with van der Waals surface area (Å²) >= 11 is 1.52. The predicted octanol–water partition coefficient (Wildman–Crippen LogP) is 2.83. The Morgan fingerprint density at radius 1 is 1.29 bits per heavy atom. The van der Waals surface area contributed by atoms with E-state index in [4.69, 9.17) is 0 Å². The van der Waals surface area contributed by atoms with Gasteiger partial charge in [-0.1, -0.05) is 6.07 Å². The van der Waals surface area contributed by atoms with Crippen molar-refractivity contribution in [1.29, 1.82) is 0 Å². The Balaban J connectivity index is 1.85. The molecule has 1 unspecified atom stereocenters. The highest BCUT2D eigenvalue weighted by molar-refractivity contribution is 7.08. The number of amides is 2. The normalized spacial score (nSPS) is 13.2. The van der Waals surface area contributed by atoms with E-state index in [0.29, 0.717) is 6.54 Å². The highest BCUT2D eigenvalue weighted by Crippen LogP contribution is 2.22. The number of nitrogens with one attached hydrogen (secondary N) is 2. The van der Waals surface area contributed by atoms with Crippen LogP contribution in [0.1, 0.15) is 23.6 Å². The molecule has 0 aliphatic rings. The van der Waals surface area contributed by atoms with Crippen LogP contribution in [0.4, 0.5) is 10.5 Å². The van der Waals surface area contributed by atoms with Crippen molar-refractivity contribution in [3.8, 4) is 0 Å². The van der Waals surface area contributed by atoms with Gasteiger partial charge >= 0.3 is 6.03 Å². The van der Waals surface area contributed by atoms with Gasteiger partial charge in [0.05, 0.1) is 6.54 Å². The van der Waals surface area contributed by atoms with Crippen LogP contribution in [0.5, 0.6) is 0 Å². The fourth-order valence-corrected chi connectivity index (χ4v) is 3.10. The van der Waals surface area contributed by atoms with E-state index in [0.717, 1.165) is 22.4 Å². The second-order valence-electron chi connectivity index (χ2n) is 6.33. The summed E-state index contributed by atoms with van der Waals surface area (Å²) in [5.41, 5.74) is 3.07. The van der Waals surface area contributed by atoms with Gasteiger partial charge in [-0.3, -0.25) is 0 Å². The molecule has 2 amide bonds. The second kappa shape index (κ2) is 7.68. The number of benzene rings is 1. The molecule has 0 radical (unpaired) electrons. The number of carbonyl (C=O) groups excluding carboxylic acids is 1. The largest absolute Gasteiger partial charge is 0.384 e. The summed E-state index contributed by atoms with van der Waals surface area (Å²) in [6, 6.07) is 7.72. The molecule has 1 aromatic carbocycles. The van der Waals surface area contributed by atoms with Crippen molar-refractivity contribution in [3.05, 3.63) is 51.7 Å². The lowest BCUT2D eigenvalue weighted by Gasteiger charge is -2.23. The number of urea groups is 1. The number of hydrogen-bond acceptors (Lipinski definition) is 4. The van der Waals surface area contributed by atoms with Crippen LogP contribution in [0.25, 0.3) is 0 Å². The third-order valence-corrected chi connectivity index (χ3v) is 4.70. The van der Waals surface area contributed by atoms with Gasteiger partial charge in [0.1, 0.15) is 5.60 Å². The van der Waals surface area contributed by atoms with Gasteiger partial charge in [-0.05, 0) is 59.5 Å². The molecule has 5 nitrogen and oxygen atoms in total. The Kier molecular flexibility index (Phi) is 5.85. The third-order valence-electron chi connectivity index (χ3n) is 4.02. The van der Waals surface area contributed by atoms with Gasteiger partial charge in [0.25, 0.3) is 0 Å². The minimum atomic E-state index is -1.07. The number of nitrogens with zero attached hydrogens (tertiary/aromatic N) is 1. The van der Waals surface area contributed by atoms with Crippen LogP contribution in [-0.4, -0.2) is 31.8 Å². The van der Waals surface area contributed by atoms with Crippen molar-refractivity contribution < 1.29 is 9.90 Å². The summed E-state index contributed by atoms with van der Waals surface area (Å²) in [5.74, 6) is 0. The standard InChI is InChI=1S/C18H25N3O2S/c1-13-9-16(21(3)4)6-5-14(13)10-19-17(22)20-12-18(2,23)15-7-8-24-11-15/h5-9,11,23H,10,12H2,1-4H3,(H2,19,20,22). The minimum absolute atomic E-state index is 0.161. The van der Waals surface area contributed by atoms with Crippen LogP contribution >= 0.6 is 11.3 Å². The predicted molar refractivity (Wildman–Crippen MR) is 99.6 cm³/mol. The van der Waals surface area contributed by atoms with E-state index < -0.39 is 5.60 Å². The molecule has 130 valence electrons. The van der Waals surface area contributed by atoms with E-state index in [9.17, 15) is 9.90 Å². The summed E-state index contributed by atoms with van der Waals surface area (Å²) < 4.78 is 0. The molecule has 0 bridgehead atoms. The van der Waals surface area contributed by atoms with E-state index in [2.05, 4.69) is 16.7 Å². The van der Waals surface area contributed by atoms with Crippen molar-refractivity contribution in [2.75, 3.05) is 25.5 Å². The fourth-order valence-electron chi connectivity index (χ4n) is 2.32. The molecule has 3 N–H and O–H groups in total. The summed E-state index contributed by atoms with van der Waals surface area (Å²) in [5, 5.41) is 19.7. The Morgan fingerprint density at radius 3 is 2.62 bits per heavy atom. The first kappa shape index (κ1) is 18.3. The van der Waals surface area contributed by atoms with Crippen LogP contribution in [0.3, 0.4) is 0 Å². The molecule has 6 heteroatoms. The number of anilines is 1. The van der Waals surface area contributed by atoms with Gasteiger partial charge in [0.15, 0.2) is 0 Å². The van der Waals surface area contributed by atoms with Crippen LogP contribution in [0.2, 0.25) is 0 Å². The van der Waals surface area contributed by atoms with Gasteiger partial charge in [-0.15, -0.1) is 0 Å². The molecule has 1 aromatic heterocycles. The molecule has 2 rings (SSSR count). The maximum Gasteiger partial charge on any atom is 0.315 e. The maximum atomic E-state index is 12.0. The molecule has 24 heavy (non-hydrogen) atoms. The summed E-state index contributed by atoms with van der Waals surface area (Å²) in [6.45, 7) is 4.34. The highest BCUT2D eigenvalue weighted by atomic mass is 32.1. The van der Waals surface area contributed by atoms with E-state index in [1.165, 1.54) is 11.3 Å². The van der Waals surface area contributed by atoms with Crippen molar-refractivity contribution >= 4 is 23.1 Å². The van der Waals surface area contributed by atoms with E-state index in [1.54, 1.807) is 6.92 Å². The first-order chi connectivity index (χ1) is 11.3. The minimum Gasteiger partial charge on any atom is -0.384 e. The van der Waals surface area contributed by atoms with Crippen molar-refractivity contribution in [3.63, 3.8) is 0 Å². The zero-order chi connectivity index (χ0) is 17.7. The average Bonchev–Trinajstić information content (AvgIpc) is 3.07. The number of rotatable bonds is 6. The summed E-state index contributed by atoms with van der Waals surface area (Å²) in [6.07, 6.45) is 0. The Bertz CT molecular complexity index is 682. The quantitative estimate of drug-likeness (QED) is 0.753. The van der Waals surface area contributed by atoms with Gasteiger partial charge in [-0.2, -0.15) is 11.3 Å². The Labute approximate surface area is 147 Å². The molecule has 1 atom stereocenters. The van der Waals surface area contributed by atoms with Gasteiger partial charge in [-0.25, -0.2) is 4.79 Å². The van der Waals surface area contributed by atoms with E-state index in [-0.39, 0.29) is 12.6 Å². The molecule has 0 saturated carbocycles. The van der Waals surface area contributed by atoms with Gasteiger partial charge in [0, 0.05) is 26.3 Å². The number of aliphatic hydroxyl groups is 1. The molecule has 0 saturated heterocycles. The topological polar surface area (TPSA) is 64.6 Å². The molecule has 1 heterocycles. The molecule has 0 spiro atoms. The first-order valence-corrected chi connectivity index (χ1v) is 8.77. The zero-order valence-corrected chi connectivity index (χ0v) is 15.4. The maximum absolute atomic E-state index is 12.0. The van der Waals surface area contributed by atoms with Crippen LogP contribution in [0, 0.1) is 6.92 Å². The van der Waals surface area contributed by atoms with E-state index in [1.807, 2.05) is 54.9 Å².